The summed E-state index contributed by atoms with van der Waals surface area (Å²) in [5.74, 6) is -0.646. The Labute approximate surface area is 172 Å². The van der Waals surface area contributed by atoms with E-state index in [2.05, 4.69) is 5.32 Å². The second kappa shape index (κ2) is 7.97. The van der Waals surface area contributed by atoms with Crippen LogP contribution < -0.4 is 10.1 Å². The van der Waals surface area contributed by atoms with E-state index in [1.165, 1.54) is 0 Å². The summed E-state index contributed by atoms with van der Waals surface area (Å²) in [6.45, 7) is 0. The first-order valence-electron chi connectivity index (χ1n) is 9.16. The van der Waals surface area contributed by atoms with Crippen molar-refractivity contribution in [2.75, 3.05) is 0 Å². The minimum atomic E-state index is -1.00. The van der Waals surface area contributed by atoms with Gasteiger partial charge in [0.05, 0.1) is 18.4 Å². The monoisotopic (exact) mass is 407 g/mol. The molecular weight excluding hydrogens is 390 g/mol. The number of carboxylic acids is 1. The lowest BCUT2D eigenvalue weighted by molar-refractivity contribution is -0.137. The molecule has 146 valence electrons. The molecule has 1 heterocycles. The zero-order valence-corrected chi connectivity index (χ0v) is 16.1. The van der Waals surface area contributed by atoms with Crippen LogP contribution in [0, 0.1) is 0 Å². The van der Waals surface area contributed by atoms with Gasteiger partial charge in [-0.15, -0.1) is 0 Å². The molecule has 1 atom stereocenters. The van der Waals surface area contributed by atoms with Gasteiger partial charge in [0.2, 0.25) is 5.91 Å². The van der Waals surface area contributed by atoms with E-state index >= 15 is 0 Å². The summed E-state index contributed by atoms with van der Waals surface area (Å²) < 4.78 is 5.94. The number of benzene rings is 3. The zero-order chi connectivity index (χ0) is 20.4. The Kier molecular flexibility index (Phi) is 5.23. The number of para-hydroxylation sites is 2. The van der Waals surface area contributed by atoms with E-state index in [9.17, 15) is 14.7 Å². The lowest BCUT2D eigenvalue weighted by Crippen LogP contribution is -2.35. The van der Waals surface area contributed by atoms with Crippen LogP contribution in [0.1, 0.15) is 35.1 Å². The van der Waals surface area contributed by atoms with Crippen LogP contribution in [0.5, 0.6) is 11.5 Å². The molecule has 0 bridgehead atoms. The number of nitrogens with one attached hydrogen (secondary N) is 1. The summed E-state index contributed by atoms with van der Waals surface area (Å²) in [5.41, 5.74) is 2.17. The Balaban J connectivity index is 1.69. The molecule has 0 fully saturated rings. The predicted octanol–water partition coefficient (Wildman–Crippen LogP) is 4.91. The molecule has 1 aliphatic heterocycles. The number of carboxylic acid groups (broad SMARTS) is 1. The molecule has 0 spiro atoms. The van der Waals surface area contributed by atoms with Crippen LogP contribution in [0.15, 0.2) is 72.8 Å². The molecular formula is C23H18ClNO4. The highest BCUT2D eigenvalue weighted by atomic mass is 35.5. The highest BCUT2D eigenvalue weighted by Gasteiger charge is 2.33. The van der Waals surface area contributed by atoms with Crippen molar-refractivity contribution in [1.82, 2.24) is 5.32 Å². The Morgan fingerprint density at radius 3 is 2.03 bits per heavy atom. The van der Waals surface area contributed by atoms with Crippen LogP contribution in [0.2, 0.25) is 5.02 Å². The molecule has 1 aliphatic rings. The number of hydrogen-bond donors (Lipinski definition) is 2. The van der Waals surface area contributed by atoms with E-state index in [1.54, 1.807) is 24.3 Å². The minimum Gasteiger partial charge on any atom is -0.481 e. The summed E-state index contributed by atoms with van der Waals surface area (Å²) in [6.07, 6.45) is -0.236. The maximum atomic E-state index is 13.4. The number of aliphatic carboxylic acids is 1. The van der Waals surface area contributed by atoms with Crippen molar-refractivity contribution in [2.24, 2.45) is 0 Å². The second-order valence-corrected chi connectivity index (χ2v) is 7.26. The number of carbonyl (C=O) groups is 2. The molecule has 3 aromatic rings. The minimum absolute atomic E-state index is 0.236. The quantitative estimate of drug-likeness (QED) is 0.630. The van der Waals surface area contributed by atoms with Gasteiger partial charge in [0.15, 0.2) is 0 Å². The van der Waals surface area contributed by atoms with Crippen molar-refractivity contribution < 1.29 is 19.4 Å². The first kappa shape index (κ1) is 19.0. The molecule has 0 aliphatic carbocycles. The second-order valence-electron chi connectivity index (χ2n) is 6.82. The summed E-state index contributed by atoms with van der Waals surface area (Å²) >= 11 is 5.94. The summed E-state index contributed by atoms with van der Waals surface area (Å²) in [6, 6.07) is 20.9. The molecule has 1 amide bonds. The lowest BCUT2D eigenvalue weighted by Gasteiger charge is -2.29. The molecule has 0 saturated carbocycles. The van der Waals surface area contributed by atoms with Crippen molar-refractivity contribution in [3.8, 4) is 11.5 Å². The predicted molar refractivity (Wildman–Crippen MR) is 109 cm³/mol. The van der Waals surface area contributed by atoms with Gasteiger partial charge in [0.1, 0.15) is 11.5 Å². The molecule has 2 N–H and O–H groups in total. The molecule has 0 aromatic heterocycles. The van der Waals surface area contributed by atoms with E-state index in [-0.39, 0.29) is 12.3 Å². The fraction of sp³-hybridized carbons (Fsp3) is 0.130. The summed E-state index contributed by atoms with van der Waals surface area (Å²) in [4.78, 5) is 24.8. The van der Waals surface area contributed by atoms with Crippen LogP contribution in [0.3, 0.4) is 0 Å². The van der Waals surface area contributed by atoms with E-state index in [0.29, 0.717) is 22.1 Å². The zero-order valence-electron chi connectivity index (χ0n) is 15.3. The molecule has 4 rings (SSSR count). The van der Waals surface area contributed by atoms with Crippen LogP contribution in [0.25, 0.3) is 0 Å². The Bertz CT molecular complexity index is 1020. The van der Waals surface area contributed by atoms with Crippen LogP contribution in [0.4, 0.5) is 0 Å². The van der Waals surface area contributed by atoms with Gasteiger partial charge in [-0.25, -0.2) is 0 Å². The molecule has 0 radical (unpaired) electrons. The Morgan fingerprint density at radius 2 is 1.48 bits per heavy atom. The van der Waals surface area contributed by atoms with Crippen molar-refractivity contribution in [1.29, 1.82) is 0 Å². The molecule has 3 aromatic carbocycles. The number of rotatable bonds is 5. The van der Waals surface area contributed by atoms with E-state index < -0.39 is 17.9 Å². The van der Waals surface area contributed by atoms with Crippen LogP contribution in [-0.4, -0.2) is 17.0 Å². The molecule has 5 nitrogen and oxygen atoms in total. The van der Waals surface area contributed by atoms with E-state index in [4.69, 9.17) is 16.3 Å². The fourth-order valence-corrected chi connectivity index (χ4v) is 3.70. The highest BCUT2D eigenvalue weighted by molar-refractivity contribution is 6.30. The number of amides is 1. The number of ether oxygens (including phenoxy) is 1. The van der Waals surface area contributed by atoms with Gasteiger partial charge in [-0.05, 0) is 29.8 Å². The average molecular weight is 408 g/mol. The smallest absolute Gasteiger partial charge is 0.305 e. The topological polar surface area (TPSA) is 75.6 Å². The fourth-order valence-electron chi connectivity index (χ4n) is 3.57. The maximum absolute atomic E-state index is 13.4. The molecule has 0 saturated heterocycles. The van der Waals surface area contributed by atoms with Crippen molar-refractivity contribution in [3.05, 3.63) is 94.5 Å². The largest absolute Gasteiger partial charge is 0.481 e. The van der Waals surface area contributed by atoms with E-state index in [0.717, 1.165) is 11.1 Å². The Hall–Kier alpha value is -3.31. The van der Waals surface area contributed by atoms with Gasteiger partial charge in [0, 0.05) is 16.1 Å². The number of fused-ring (bicyclic) bond motifs is 2. The van der Waals surface area contributed by atoms with Crippen molar-refractivity contribution in [3.63, 3.8) is 0 Å². The van der Waals surface area contributed by atoms with Crippen molar-refractivity contribution in [2.45, 2.75) is 18.4 Å². The van der Waals surface area contributed by atoms with Gasteiger partial charge in [0.25, 0.3) is 0 Å². The molecule has 29 heavy (non-hydrogen) atoms. The third kappa shape index (κ3) is 3.96. The van der Waals surface area contributed by atoms with Crippen LogP contribution >= 0.6 is 11.6 Å². The third-order valence-electron chi connectivity index (χ3n) is 4.91. The van der Waals surface area contributed by atoms with Crippen LogP contribution in [-0.2, 0) is 9.59 Å². The third-order valence-corrected chi connectivity index (χ3v) is 5.16. The van der Waals surface area contributed by atoms with Gasteiger partial charge in [-0.3, -0.25) is 9.59 Å². The Morgan fingerprint density at radius 1 is 0.931 bits per heavy atom. The number of halogens is 1. The molecule has 0 unspecified atom stereocenters. The summed E-state index contributed by atoms with van der Waals surface area (Å²) in [7, 11) is 0. The maximum Gasteiger partial charge on any atom is 0.305 e. The number of hydrogen-bond acceptors (Lipinski definition) is 3. The first-order chi connectivity index (χ1) is 14.0. The van der Waals surface area contributed by atoms with Gasteiger partial charge in [-0.1, -0.05) is 60.1 Å². The van der Waals surface area contributed by atoms with Gasteiger partial charge >= 0.3 is 5.97 Å². The van der Waals surface area contributed by atoms with Gasteiger partial charge in [-0.2, -0.15) is 0 Å². The lowest BCUT2D eigenvalue weighted by atomic mass is 9.86. The van der Waals surface area contributed by atoms with Gasteiger partial charge < -0.3 is 15.2 Å². The first-order valence-corrected chi connectivity index (χ1v) is 9.54. The molecule has 6 heteroatoms. The normalized spacial score (nSPS) is 13.6. The van der Waals surface area contributed by atoms with E-state index in [1.807, 2.05) is 48.5 Å². The summed E-state index contributed by atoms with van der Waals surface area (Å²) in [5, 5.41) is 12.8. The SMILES string of the molecule is O=C(O)C[C@H](NC(=O)C1c2ccccc2Oc2ccccc21)c1ccc(Cl)cc1. The number of carbonyl (C=O) groups excluding carboxylic acids is 1. The standard InChI is InChI=1S/C23H18ClNO4/c24-15-11-9-14(10-12-15)18(13-21(26)27)25-23(28)22-16-5-1-3-7-19(16)29-20-8-4-2-6-17(20)22/h1-12,18,22H,13H2,(H,25,28)(H,26,27)/t18-/m0/s1. The average Bonchev–Trinajstić information content (AvgIpc) is 2.71. The van der Waals surface area contributed by atoms with Crippen molar-refractivity contribution >= 4 is 23.5 Å². The highest BCUT2D eigenvalue weighted by Crippen LogP contribution is 2.44.